The molecule has 0 saturated heterocycles. The van der Waals surface area contributed by atoms with Crippen LogP contribution in [0.25, 0.3) is 6.08 Å². The van der Waals surface area contributed by atoms with Gasteiger partial charge < -0.3 is 20.6 Å². The average Bonchev–Trinajstić information content (AvgIpc) is 2.73. The number of halogens is 1. The molecule has 0 saturated carbocycles. The highest BCUT2D eigenvalue weighted by Gasteiger charge is 2.38. The van der Waals surface area contributed by atoms with Gasteiger partial charge in [0.2, 0.25) is 0 Å². The third-order valence-electron chi connectivity index (χ3n) is 4.75. The zero-order valence-electron chi connectivity index (χ0n) is 16.8. The number of carboxylic acid groups (broad SMARTS) is 1. The molecule has 1 heterocycles. The number of nitrogens with one attached hydrogen (secondary N) is 2. The lowest BCUT2D eigenvalue weighted by Gasteiger charge is -2.37. The maximum atomic E-state index is 13.1. The molecular formula is C23H22ClN3O4. The second kappa shape index (κ2) is 9.95. The number of hydrogen-bond donors (Lipinski definition) is 3. The third-order valence-corrected chi connectivity index (χ3v) is 4.98. The van der Waals surface area contributed by atoms with Crippen molar-refractivity contribution in [2.24, 2.45) is 0 Å². The minimum atomic E-state index is -1.19. The quantitative estimate of drug-likeness (QED) is 0.613. The number of carbonyl (C=O) groups excluding carboxylic acids is 2. The molecule has 31 heavy (non-hydrogen) atoms. The molecule has 1 unspecified atom stereocenters. The number of rotatable bonds is 7. The Morgan fingerprint density at radius 1 is 1.19 bits per heavy atom. The van der Waals surface area contributed by atoms with Crippen LogP contribution in [0.2, 0.25) is 5.02 Å². The van der Waals surface area contributed by atoms with Gasteiger partial charge in [0.25, 0.3) is 5.91 Å². The summed E-state index contributed by atoms with van der Waals surface area (Å²) in [6, 6.07) is 14.9. The smallest absolute Gasteiger partial charge is 0.323 e. The second-order valence-electron chi connectivity index (χ2n) is 6.97. The summed E-state index contributed by atoms with van der Waals surface area (Å²) in [5.41, 5.74) is 2.17. The molecule has 3 N–H and O–H groups in total. The van der Waals surface area contributed by atoms with Crippen LogP contribution in [0, 0.1) is 0 Å². The number of carboxylic acids is 1. The third kappa shape index (κ3) is 5.52. The molecule has 8 heteroatoms. The summed E-state index contributed by atoms with van der Waals surface area (Å²) in [4.78, 5) is 38.1. The van der Waals surface area contributed by atoms with E-state index in [4.69, 9.17) is 11.6 Å². The van der Waals surface area contributed by atoms with Crippen LogP contribution >= 0.6 is 11.6 Å². The Balaban J connectivity index is 1.87. The summed E-state index contributed by atoms with van der Waals surface area (Å²) in [6.45, 7) is 1.31. The molecule has 1 aliphatic rings. The lowest BCUT2D eigenvalue weighted by molar-refractivity contribution is -0.138. The number of allylic oxidation sites excluding steroid dienone is 1. The molecule has 3 rings (SSSR count). The molecule has 1 atom stereocenters. The molecule has 160 valence electrons. The average molecular weight is 440 g/mol. The molecule has 2 aromatic carbocycles. The Labute approximate surface area is 185 Å². The second-order valence-corrected chi connectivity index (χ2v) is 7.41. The number of aliphatic carboxylic acids is 1. The summed E-state index contributed by atoms with van der Waals surface area (Å²) in [5.74, 6) is -1.59. The standard InChI is InChI=1S/C23H22ClN3O4/c1-15-20(22(30)25-12-6-9-16-7-3-2-4-8-16)21(17-10-5-11-18(24)13-17)27(14-19(28)29)23(31)26-15/h2-11,13,21H,12,14H2,1H3,(H,25,30)(H,26,31)(H,28,29). The summed E-state index contributed by atoms with van der Waals surface area (Å²) >= 11 is 6.12. The fourth-order valence-electron chi connectivity index (χ4n) is 3.41. The van der Waals surface area contributed by atoms with E-state index in [2.05, 4.69) is 10.6 Å². The van der Waals surface area contributed by atoms with Crippen molar-refractivity contribution in [2.45, 2.75) is 13.0 Å². The molecule has 0 bridgehead atoms. The van der Waals surface area contributed by atoms with Gasteiger partial charge in [-0.3, -0.25) is 9.59 Å². The van der Waals surface area contributed by atoms with E-state index < -0.39 is 30.5 Å². The SMILES string of the molecule is CC1=C(C(=O)NCC=Cc2ccccc2)C(c2cccc(Cl)c2)N(CC(=O)O)C(=O)N1. The van der Waals surface area contributed by atoms with Crippen LogP contribution in [0.3, 0.4) is 0 Å². The minimum Gasteiger partial charge on any atom is -0.480 e. The lowest BCUT2D eigenvalue weighted by atomic mass is 9.93. The van der Waals surface area contributed by atoms with Gasteiger partial charge >= 0.3 is 12.0 Å². The summed E-state index contributed by atoms with van der Waals surface area (Å²) in [7, 11) is 0. The highest BCUT2D eigenvalue weighted by Crippen LogP contribution is 2.34. The van der Waals surface area contributed by atoms with Crippen LogP contribution in [0.4, 0.5) is 4.79 Å². The van der Waals surface area contributed by atoms with Gasteiger partial charge in [-0.1, -0.05) is 66.2 Å². The van der Waals surface area contributed by atoms with Crippen LogP contribution in [0.1, 0.15) is 24.1 Å². The molecular weight excluding hydrogens is 418 g/mol. The van der Waals surface area contributed by atoms with Crippen molar-refractivity contribution in [1.82, 2.24) is 15.5 Å². The van der Waals surface area contributed by atoms with Gasteiger partial charge in [-0.25, -0.2) is 4.79 Å². The zero-order chi connectivity index (χ0) is 22.4. The van der Waals surface area contributed by atoms with E-state index in [0.717, 1.165) is 10.5 Å². The summed E-state index contributed by atoms with van der Waals surface area (Å²) in [6.07, 6.45) is 3.70. The van der Waals surface area contributed by atoms with E-state index in [9.17, 15) is 19.5 Å². The molecule has 1 aliphatic heterocycles. The van der Waals surface area contributed by atoms with Crippen LogP contribution in [0.5, 0.6) is 0 Å². The molecule has 3 amide bonds. The number of benzene rings is 2. The molecule has 0 aromatic heterocycles. The van der Waals surface area contributed by atoms with Gasteiger partial charge in [0, 0.05) is 17.3 Å². The number of nitrogens with zero attached hydrogens (tertiary/aromatic N) is 1. The van der Waals surface area contributed by atoms with E-state index >= 15 is 0 Å². The number of carbonyl (C=O) groups is 3. The number of hydrogen-bond acceptors (Lipinski definition) is 3. The Morgan fingerprint density at radius 3 is 2.61 bits per heavy atom. The highest BCUT2D eigenvalue weighted by atomic mass is 35.5. The monoisotopic (exact) mass is 439 g/mol. The zero-order valence-corrected chi connectivity index (χ0v) is 17.6. The maximum absolute atomic E-state index is 13.1. The topological polar surface area (TPSA) is 98.7 Å². The minimum absolute atomic E-state index is 0.260. The lowest BCUT2D eigenvalue weighted by Crippen LogP contribution is -2.51. The van der Waals surface area contributed by atoms with Crippen molar-refractivity contribution >= 4 is 35.6 Å². The van der Waals surface area contributed by atoms with Crippen molar-refractivity contribution in [3.63, 3.8) is 0 Å². The Kier molecular flexibility index (Phi) is 7.10. The number of urea groups is 1. The first kappa shape index (κ1) is 22.1. The van der Waals surface area contributed by atoms with Crippen molar-refractivity contribution in [3.8, 4) is 0 Å². The van der Waals surface area contributed by atoms with E-state index in [0.29, 0.717) is 16.3 Å². The van der Waals surface area contributed by atoms with Crippen LogP contribution in [0.15, 0.2) is 71.9 Å². The van der Waals surface area contributed by atoms with E-state index in [1.807, 2.05) is 42.5 Å². The van der Waals surface area contributed by atoms with E-state index in [1.165, 1.54) is 0 Å². The summed E-state index contributed by atoms with van der Waals surface area (Å²) in [5, 5.41) is 15.1. The van der Waals surface area contributed by atoms with Crippen molar-refractivity contribution < 1.29 is 19.5 Å². The molecule has 2 aromatic rings. The Morgan fingerprint density at radius 2 is 1.94 bits per heavy atom. The van der Waals surface area contributed by atoms with Crippen LogP contribution in [-0.2, 0) is 9.59 Å². The maximum Gasteiger partial charge on any atom is 0.323 e. The van der Waals surface area contributed by atoms with Gasteiger partial charge in [0.05, 0.1) is 11.6 Å². The number of amides is 3. The van der Waals surface area contributed by atoms with E-state index in [-0.39, 0.29) is 12.1 Å². The van der Waals surface area contributed by atoms with Gasteiger partial charge in [-0.05, 0) is 30.2 Å². The fraction of sp³-hybridized carbons (Fsp3) is 0.174. The van der Waals surface area contributed by atoms with Crippen molar-refractivity contribution in [1.29, 1.82) is 0 Å². The first-order valence-corrected chi connectivity index (χ1v) is 10.00. The van der Waals surface area contributed by atoms with Gasteiger partial charge in [0.15, 0.2) is 0 Å². The van der Waals surface area contributed by atoms with Gasteiger partial charge in [-0.2, -0.15) is 0 Å². The first-order valence-electron chi connectivity index (χ1n) is 9.62. The molecule has 0 fully saturated rings. The predicted octanol–water partition coefficient (Wildman–Crippen LogP) is 3.59. The van der Waals surface area contributed by atoms with Crippen molar-refractivity contribution in [2.75, 3.05) is 13.1 Å². The normalized spacial score (nSPS) is 16.4. The molecule has 0 radical (unpaired) electrons. The molecule has 0 spiro atoms. The molecule has 7 nitrogen and oxygen atoms in total. The van der Waals surface area contributed by atoms with Gasteiger partial charge in [-0.15, -0.1) is 0 Å². The van der Waals surface area contributed by atoms with Crippen LogP contribution in [-0.4, -0.2) is 41.0 Å². The Bertz CT molecular complexity index is 1050. The largest absolute Gasteiger partial charge is 0.480 e. The fourth-order valence-corrected chi connectivity index (χ4v) is 3.61. The Hall–Kier alpha value is -3.58. The highest BCUT2D eigenvalue weighted by molar-refractivity contribution is 6.30. The van der Waals surface area contributed by atoms with Crippen molar-refractivity contribution in [3.05, 3.63) is 88.1 Å². The van der Waals surface area contributed by atoms with Crippen LogP contribution < -0.4 is 10.6 Å². The van der Waals surface area contributed by atoms with Gasteiger partial charge in [0.1, 0.15) is 6.54 Å². The van der Waals surface area contributed by atoms with E-state index in [1.54, 1.807) is 31.2 Å². The molecule has 0 aliphatic carbocycles. The first-order chi connectivity index (χ1) is 14.9. The summed E-state index contributed by atoms with van der Waals surface area (Å²) < 4.78 is 0. The predicted molar refractivity (Wildman–Crippen MR) is 118 cm³/mol.